The third kappa shape index (κ3) is 7.56. The lowest BCUT2D eigenvalue weighted by molar-refractivity contribution is -0.141. The van der Waals surface area contributed by atoms with E-state index in [1.807, 2.05) is 20.8 Å². The molecule has 0 bridgehead atoms. The number of carbonyl (C=O) groups is 2. The van der Waals surface area contributed by atoms with Crippen LogP contribution in [0.4, 0.5) is 5.69 Å². The summed E-state index contributed by atoms with van der Waals surface area (Å²) in [4.78, 5) is 29.0. The minimum Gasteiger partial charge on any atom is -0.350 e. The first-order valence-corrected chi connectivity index (χ1v) is 15.1. The van der Waals surface area contributed by atoms with Gasteiger partial charge < -0.3 is 10.2 Å². The number of amides is 2. The monoisotopic (exact) mass is 603 g/mol. The van der Waals surface area contributed by atoms with Crippen molar-refractivity contribution in [2.24, 2.45) is 0 Å². The van der Waals surface area contributed by atoms with Gasteiger partial charge in [0.15, 0.2) is 0 Å². The number of para-hydroxylation sites is 1. The highest BCUT2D eigenvalue weighted by Gasteiger charge is 2.35. The molecule has 3 aromatic rings. The summed E-state index contributed by atoms with van der Waals surface area (Å²) in [6.07, 6.45) is 0.283. The third-order valence-corrected chi connectivity index (χ3v) is 8.75. The largest absolute Gasteiger partial charge is 0.350 e. The smallest absolute Gasteiger partial charge is 0.264 e. The van der Waals surface area contributed by atoms with Gasteiger partial charge in [0.25, 0.3) is 10.0 Å². The van der Waals surface area contributed by atoms with Crippen molar-refractivity contribution in [3.8, 4) is 0 Å². The molecule has 1 unspecified atom stereocenters. The van der Waals surface area contributed by atoms with Crippen LogP contribution in [0.3, 0.4) is 0 Å². The van der Waals surface area contributed by atoms with E-state index in [1.165, 1.54) is 17.0 Å². The molecule has 10 heteroatoms. The molecular formula is C30H35Cl2N3O4S. The molecule has 3 aromatic carbocycles. The first kappa shape index (κ1) is 31.5. The normalized spacial score (nSPS) is 12.5. The zero-order chi connectivity index (χ0) is 29.7. The molecule has 0 radical (unpaired) electrons. The number of rotatable bonds is 10. The van der Waals surface area contributed by atoms with Crippen LogP contribution in [-0.4, -0.2) is 43.3 Å². The van der Waals surface area contributed by atoms with Crippen molar-refractivity contribution in [2.45, 2.75) is 64.1 Å². The Morgan fingerprint density at radius 3 is 2.02 bits per heavy atom. The fraction of sp³-hybridized carbons (Fsp3) is 0.333. The SMILES string of the molecule is CCC(C(=O)NC(C)(C)C)N(Cc1c(Cl)cccc1Cl)C(=O)CN(c1ccccc1C)S(=O)(=O)c1ccccc1. The van der Waals surface area contributed by atoms with Gasteiger partial charge in [0.1, 0.15) is 12.6 Å². The average molecular weight is 605 g/mol. The molecule has 0 aliphatic heterocycles. The van der Waals surface area contributed by atoms with E-state index in [9.17, 15) is 18.0 Å². The summed E-state index contributed by atoms with van der Waals surface area (Å²) in [5.41, 5.74) is 0.954. The quantitative estimate of drug-likeness (QED) is 0.298. The number of nitrogens with one attached hydrogen (secondary N) is 1. The van der Waals surface area contributed by atoms with Crippen LogP contribution in [0.25, 0.3) is 0 Å². The lowest BCUT2D eigenvalue weighted by Crippen LogP contribution is -2.55. The molecule has 1 N–H and O–H groups in total. The van der Waals surface area contributed by atoms with Gasteiger partial charge in [0.05, 0.1) is 10.6 Å². The Bertz CT molecular complexity index is 1440. The number of anilines is 1. The van der Waals surface area contributed by atoms with Gasteiger partial charge in [0, 0.05) is 27.7 Å². The molecule has 0 aromatic heterocycles. The molecule has 0 fully saturated rings. The molecule has 0 heterocycles. The molecule has 0 saturated heterocycles. The van der Waals surface area contributed by atoms with E-state index in [-0.39, 0.29) is 23.8 Å². The molecule has 214 valence electrons. The number of carbonyl (C=O) groups excluding carboxylic acids is 2. The number of nitrogens with zero attached hydrogens (tertiary/aromatic N) is 2. The average Bonchev–Trinajstić information content (AvgIpc) is 2.88. The van der Waals surface area contributed by atoms with Gasteiger partial charge in [-0.2, -0.15) is 0 Å². The lowest BCUT2D eigenvalue weighted by Gasteiger charge is -2.35. The molecule has 2 amide bonds. The number of benzene rings is 3. The summed E-state index contributed by atoms with van der Waals surface area (Å²) in [7, 11) is -4.14. The van der Waals surface area contributed by atoms with Crippen molar-refractivity contribution in [3.63, 3.8) is 0 Å². The highest BCUT2D eigenvalue weighted by atomic mass is 35.5. The third-order valence-electron chi connectivity index (χ3n) is 6.27. The second kappa shape index (κ2) is 13.1. The molecule has 0 aliphatic carbocycles. The summed E-state index contributed by atoms with van der Waals surface area (Å²) >= 11 is 12.9. The Morgan fingerprint density at radius 2 is 1.48 bits per heavy atom. The van der Waals surface area contributed by atoms with Crippen LogP contribution >= 0.6 is 23.2 Å². The van der Waals surface area contributed by atoms with E-state index < -0.39 is 34.1 Å². The maximum absolute atomic E-state index is 14.2. The fourth-order valence-electron chi connectivity index (χ4n) is 4.30. The first-order chi connectivity index (χ1) is 18.8. The van der Waals surface area contributed by atoms with E-state index in [1.54, 1.807) is 74.5 Å². The van der Waals surface area contributed by atoms with Gasteiger partial charge >= 0.3 is 0 Å². The first-order valence-electron chi connectivity index (χ1n) is 12.9. The molecule has 0 aliphatic rings. The summed E-state index contributed by atoms with van der Waals surface area (Å²) in [6, 6.07) is 19.0. The molecular weight excluding hydrogens is 569 g/mol. The minimum absolute atomic E-state index is 0.0456. The van der Waals surface area contributed by atoms with Crippen LogP contribution in [0.5, 0.6) is 0 Å². The molecule has 1 atom stereocenters. The predicted molar refractivity (Wildman–Crippen MR) is 161 cm³/mol. The molecule has 0 saturated carbocycles. The predicted octanol–water partition coefficient (Wildman–Crippen LogP) is 6.22. The number of hydrogen-bond donors (Lipinski definition) is 1. The lowest BCUT2D eigenvalue weighted by atomic mass is 10.1. The highest BCUT2D eigenvalue weighted by Crippen LogP contribution is 2.30. The second-order valence-corrected chi connectivity index (χ2v) is 13.2. The zero-order valence-corrected chi connectivity index (χ0v) is 25.6. The van der Waals surface area contributed by atoms with Gasteiger partial charge in [-0.05, 0) is 70.0 Å². The zero-order valence-electron chi connectivity index (χ0n) is 23.3. The second-order valence-electron chi connectivity index (χ2n) is 10.5. The maximum atomic E-state index is 14.2. The van der Waals surface area contributed by atoms with Gasteiger partial charge in [-0.25, -0.2) is 8.42 Å². The van der Waals surface area contributed by atoms with Crippen molar-refractivity contribution in [2.75, 3.05) is 10.8 Å². The van der Waals surface area contributed by atoms with Gasteiger partial charge in [0.2, 0.25) is 11.8 Å². The summed E-state index contributed by atoms with van der Waals surface area (Å²) in [5, 5.41) is 3.61. The van der Waals surface area contributed by atoms with E-state index in [0.29, 0.717) is 26.9 Å². The van der Waals surface area contributed by atoms with E-state index in [4.69, 9.17) is 23.2 Å². The minimum atomic E-state index is -4.14. The Labute approximate surface area is 247 Å². The van der Waals surface area contributed by atoms with Crippen molar-refractivity contribution < 1.29 is 18.0 Å². The topological polar surface area (TPSA) is 86.8 Å². The maximum Gasteiger partial charge on any atom is 0.264 e. The standard InChI is InChI=1S/C30H35Cl2N3O4S/c1-6-26(29(37)33-30(3,4)5)34(19-23-24(31)16-12-17-25(23)32)28(36)20-35(27-18-11-10-13-21(27)2)40(38,39)22-14-8-7-9-15-22/h7-18,26H,6,19-20H2,1-5H3,(H,33,37). The van der Waals surface area contributed by atoms with Crippen molar-refractivity contribution in [3.05, 3.63) is 94.0 Å². The molecule has 0 spiro atoms. The number of aryl methyl sites for hydroxylation is 1. The molecule has 7 nitrogen and oxygen atoms in total. The van der Waals surface area contributed by atoms with E-state index in [0.717, 1.165) is 4.31 Å². The van der Waals surface area contributed by atoms with E-state index in [2.05, 4.69) is 5.32 Å². The van der Waals surface area contributed by atoms with Gasteiger partial charge in [-0.15, -0.1) is 0 Å². The van der Waals surface area contributed by atoms with Crippen LogP contribution in [0.1, 0.15) is 45.2 Å². The highest BCUT2D eigenvalue weighted by molar-refractivity contribution is 7.92. The number of hydrogen-bond acceptors (Lipinski definition) is 4. The Kier molecular flexibility index (Phi) is 10.3. The van der Waals surface area contributed by atoms with Gasteiger partial charge in [-0.3, -0.25) is 13.9 Å². The van der Waals surface area contributed by atoms with Crippen LogP contribution in [0, 0.1) is 6.92 Å². The summed E-state index contributed by atoms with van der Waals surface area (Å²) in [6.45, 7) is 8.49. The van der Waals surface area contributed by atoms with Crippen LogP contribution in [0.15, 0.2) is 77.7 Å². The van der Waals surface area contributed by atoms with Gasteiger partial charge in [-0.1, -0.05) is 72.6 Å². The number of halogens is 2. The van der Waals surface area contributed by atoms with Crippen molar-refractivity contribution in [1.29, 1.82) is 0 Å². The van der Waals surface area contributed by atoms with Crippen LogP contribution < -0.4 is 9.62 Å². The Balaban J connectivity index is 2.12. The van der Waals surface area contributed by atoms with Crippen LogP contribution in [0.2, 0.25) is 10.0 Å². The Hall–Kier alpha value is -3.07. The fourth-order valence-corrected chi connectivity index (χ4v) is 6.32. The van der Waals surface area contributed by atoms with E-state index >= 15 is 0 Å². The van der Waals surface area contributed by atoms with Crippen LogP contribution in [-0.2, 0) is 26.2 Å². The Morgan fingerprint density at radius 1 is 0.900 bits per heavy atom. The summed E-state index contributed by atoms with van der Waals surface area (Å²) < 4.78 is 28.9. The van der Waals surface area contributed by atoms with Crippen molar-refractivity contribution >= 4 is 50.7 Å². The molecule has 40 heavy (non-hydrogen) atoms. The number of sulfonamides is 1. The molecule has 3 rings (SSSR count). The van der Waals surface area contributed by atoms with Crippen molar-refractivity contribution in [1.82, 2.24) is 10.2 Å². The summed E-state index contributed by atoms with van der Waals surface area (Å²) in [5.74, 6) is -0.936.